The number of hydrogen-bond donors (Lipinski definition) is 1. The lowest BCUT2D eigenvalue weighted by atomic mass is 10.1. The van der Waals surface area contributed by atoms with Crippen molar-refractivity contribution in [2.75, 3.05) is 14.2 Å². The van der Waals surface area contributed by atoms with E-state index in [1.165, 1.54) is 6.07 Å². The molecule has 0 amide bonds. The van der Waals surface area contributed by atoms with Gasteiger partial charge in [-0.2, -0.15) is 13.2 Å². The second kappa shape index (κ2) is 14.2. The number of aryl methyl sites for hydroxylation is 1. The Morgan fingerprint density at radius 3 is 2.26 bits per heavy atom. The Kier molecular flexibility index (Phi) is 11.6. The zero-order valence-electron chi connectivity index (χ0n) is 21.3. The molecule has 3 aromatic rings. The zero-order valence-corrected chi connectivity index (χ0v) is 22.8. The van der Waals surface area contributed by atoms with Gasteiger partial charge in [-0.3, -0.25) is 14.5 Å². The molecule has 1 N–H and O–H groups in total. The Bertz CT molecular complexity index is 1340. The molecule has 1 aromatic heterocycles. The van der Waals surface area contributed by atoms with Crippen molar-refractivity contribution in [2.24, 2.45) is 0 Å². The van der Waals surface area contributed by atoms with Gasteiger partial charge in [-0.1, -0.05) is 53.5 Å². The number of para-hydroxylation sites is 1. The van der Waals surface area contributed by atoms with Gasteiger partial charge in [-0.25, -0.2) is 4.79 Å². The number of rotatable bonds is 9. The first-order valence-corrected chi connectivity index (χ1v) is 12.3. The summed E-state index contributed by atoms with van der Waals surface area (Å²) < 4.78 is 38.3. The van der Waals surface area contributed by atoms with Gasteiger partial charge in [0.25, 0.3) is 5.56 Å². The molecule has 0 aliphatic carbocycles. The molecular weight excluding hydrogens is 560 g/mol. The van der Waals surface area contributed by atoms with E-state index in [4.69, 9.17) is 37.8 Å². The van der Waals surface area contributed by atoms with Crippen molar-refractivity contribution in [1.82, 2.24) is 9.47 Å². The van der Waals surface area contributed by atoms with Gasteiger partial charge in [0.15, 0.2) is 0 Å². The zero-order chi connectivity index (χ0) is 29.3. The summed E-state index contributed by atoms with van der Waals surface area (Å²) in [5.41, 5.74) is 2.51. The van der Waals surface area contributed by atoms with Crippen LogP contribution < -0.4 is 10.3 Å². The first-order valence-electron chi connectivity index (χ1n) is 11.5. The number of hydrogen-bond acceptors (Lipinski definition) is 5. The smallest absolute Gasteiger partial charge is 0.446 e. The maximum atomic E-state index is 12.9. The Morgan fingerprint density at radius 1 is 1.13 bits per heavy atom. The number of carbonyl (C=O) groups is 2. The third-order valence-corrected chi connectivity index (χ3v) is 6.51. The van der Waals surface area contributed by atoms with Gasteiger partial charge in [0.2, 0.25) is 6.29 Å². The van der Waals surface area contributed by atoms with Gasteiger partial charge in [-0.05, 0) is 50.2 Å². The van der Waals surface area contributed by atoms with E-state index in [2.05, 4.69) is 11.8 Å². The van der Waals surface area contributed by atoms with Crippen molar-refractivity contribution in [3.8, 4) is 5.75 Å². The van der Waals surface area contributed by atoms with Crippen molar-refractivity contribution in [3.05, 3.63) is 97.4 Å². The van der Waals surface area contributed by atoms with E-state index in [0.717, 1.165) is 16.9 Å². The van der Waals surface area contributed by atoms with E-state index in [1.54, 1.807) is 35.9 Å². The van der Waals surface area contributed by atoms with Crippen LogP contribution in [0.3, 0.4) is 0 Å². The quantitative estimate of drug-likeness (QED) is 0.307. The van der Waals surface area contributed by atoms with E-state index in [1.807, 2.05) is 31.3 Å². The minimum atomic E-state index is -4.64. The van der Waals surface area contributed by atoms with E-state index in [9.17, 15) is 22.8 Å². The van der Waals surface area contributed by atoms with Gasteiger partial charge in [0, 0.05) is 24.7 Å². The fraction of sp³-hybridized carbons (Fsp3) is 0.296. The lowest BCUT2D eigenvalue weighted by Crippen LogP contribution is -2.30. The van der Waals surface area contributed by atoms with E-state index >= 15 is 0 Å². The highest BCUT2D eigenvalue weighted by molar-refractivity contribution is 6.34. The summed E-state index contributed by atoms with van der Waals surface area (Å²) in [4.78, 5) is 34.7. The standard InChI is InChI=1S/C25H26Cl2N2O4.C2HF3O/c1-16(19-6-4-5-7-23(19)33-3)28(2)15-22-20(26)14-21(27)24(30)29(22)13-12-17-8-10-18(11-9-17)25(31)32;3-2(4,5)1-6/h4-11,14,16H,12-13,15H2,1-3H3,(H,31,32);1H. The lowest BCUT2D eigenvalue weighted by molar-refractivity contribution is -0.156. The van der Waals surface area contributed by atoms with Crippen LogP contribution in [0.5, 0.6) is 5.75 Å². The number of nitrogens with zero attached hydrogens (tertiary/aromatic N) is 2. The van der Waals surface area contributed by atoms with Crippen LogP contribution in [0.4, 0.5) is 13.2 Å². The summed E-state index contributed by atoms with van der Waals surface area (Å²) in [5.74, 6) is -0.185. The van der Waals surface area contributed by atoms with Crippen molar-refractivity contribution >= 4 is 35.5 Å². The molecule has 39 heavy (non-hydrogen) atoms. The molecule has 0 aliphatic heterocycles. The third-order valence-electron chi connectivity index (χ3n) is 5.91. The summed E-state index contributed by atoms with van der Waals surface area (Å²) in [6.45, 7) is 2.84. The van der Waals surface area contributed by atoms with Crippen molar-refractivity contribution in [3.63, 3.8) is 0 Å². The average molecular weight is 587 g/mol. The fourth-order valence-electron chi connectivity index (χ4n) is 3.71. The van der Waals surface area contributed by atoms with Crippen LogP contribution in [-0.4, -0.2) is 47.2 Å². The molecule has 12 heteroatoms. The minimum absolute atomic E-state index is 0.00000909. The number of ether oxygens (including phenoxy) is 1. The SMILES string of the molecule is COc1ccccc1C(C)N(C)Cc1c(Cl)cc(Cl)c(=O)n1CCc1ccc(C(=O)O)cc1.O=CC(F)(F)F. The Labute approximate surface area is 233 Å². The highest BCUT2D eigenvalue weighted by atomic mass is 35.5. The van der Waals surface area contributed by atoms with Gasteiger partial charge in [0.1, 0.15) is 10.8 Å². The number of aldehydes is 1. The molecule has 1 atom stereocenters. The number of carboxylic acid groups (broad SMARTS) is 1. The molecule has 0 bridgehead atoms. The normalized spacial score (nSPS) is 11.9. The number of carbonyl (C=O) groups excluding carboxylic acids is 1. The van der Waals surface area contributed by atoms with Crippen LogP contribution in [0.25, 0.3) is 0 Å². The number of methoxy groups -OCH3 is 1. The summed E-state index contributed by atoms with van der Waals surface area (Å²) in [6.07, 6.45) is -5.18. The molecular formula is C27H27Cl2F3N2O5. The van der Waals surface area contributed by atoms with Gasteiger partial charge in [0.05, 0.1) is 23.4 Å². The molecule has 0 saturated carbocycles. The van der Waals surface area contributed by atoms with Crippen molar-refractivity contribution < 1.29 is 32.6 Å². The number of benzene rings is 2. The Balaban J connectivity index is 0.000000798. The van der Waals surface area contributed by atoms with E-state index in [0.29, 0.717) is 30.2 Å². The maximum absolute atomic E-state index is 12.9. The molecule has 0 aliphatic rings. The Morgan fingerprint density at radius 2 is 1.72 bits per heavy atom. The molecule has 7 nitrogen and oxygen atoms in total. The molecule has 1 heterocycles. The topological polar surface area (TPSA) is 88.8 Å². The van der Waals surface area contributed by atoms with Crippen LogP contribution in [0.1, 0.15) is 40.1 Å². The minimum Gasteiger partial charge on any atom is -0.496 e. The van der Waals surface area contributed by atoms with E-state index in [-0.39, 0.29) is 22.2 Å². The number of aromatic nitrogens is 1. The number of halogens is 5. The van der Waals surface area contributed by atoms with Crippen LogP contribution in [0.15, 0.2) is 59.4 Å². The van der Waals surface area contributed by atoms with E-state index < -0.39 is 18.4 Å². The molecule has 0 spiro atoms. The van der Waals surface area contributed by atoms with Gasteiger partial charge in [-0.15, -0.1) is 0 Å². The van der Waals surface area contributed by atoms with Crippen LogP contribution in [-0.2, 0) is 24.3 Å². The average Bonchev–Trinajstić information content (AvgIpc) is 2.91. The van der Waals surface area contributed by atoms with Gasteiger partial charge >= 0.3 is 12.1 Å². The first kappa shape index (κ1) is 31.9. The third kappa shape index (κ3) is 9.12. The monoisotopic (exact) mass is 586 g/mol. The summed E-state index contributed by atoms with van der Waals surface area (Å²) in [7, 11) is 3.60. The highest BCUT2D eigenvalue weighted by Gasteiger charge is 2.25. The number of alkyl halides is 3. The first-order chi connectivity index (χ1) is 18.3. The molecule has 210 valence electrons. The van der Waals surface area contributed by atoms with Crippen molar-refractivity contribution in [1.29, 1.82) is 0 Å². The molecule has 0 radical (unpaired) electrons. The highest BCUT2D eigenvalue weighted by Crippen LogP contribution is 2.30. The lowest BCUT2D eigenvalue weighted by Gasteiger charge is -2.28. The predicted octanol–water partition coefficient (Wildman–Crippen LogP) is 6.05. The number of aromatic carboxylic acids is 1. The van der Waals surface area contributed by atoms with Crippen LogP contribution >= 0.6 is 23.2 Å². The summed E-state index contributed by atoms with van der Waals surface area (Å²) >= 11 is 12.7. The predicted molar refractivity (Wildman–Crippen MR) is 143 cm³/mol. The molecule has 0 saturated heterocycles. The largest absolute Gasteiger partial charge is 0.496 e. The molecule has 2 aromatic carbocycles. The van der Waals surface area contributed by atoms with Crippen LogP contribution in [0.2, 0.25) is 10.0 Å². The fourth-order valence-corrected chi connectivity index (χ4v) is 4.25. The van der Waals surface area contributed by atoms with Gasteiger partial charge < -0.3 is 14.4 Å². The Hall–Kier alpha value is -3.34. The second-order valence-corrected chi connectivity index (χ2v) is 9.30. The summed E-state index contributed by atoms with van der Waals surface area (Å²) in [6, 6.07) is 15.9. The molecule has 1 unspecified atom stereocenters. The summed E-state index contributed by atoms with van der Waals surface area (Å²) in [5, 5.41) is 9.55. The molecule has 3 rings (SSSR count). The number of pyridine rings is 1. The van der Waals surface area contributed by atoms with Crippen molar-refractivity contribution in [2.45, 2.75) is 38.7 Å². The molecule has 0 fully saturated rings. The number of carboxylic acids is 1. The second-order valence-electron chi connectivity index (χ2n) is 8.49. The van der Waals surface area contributed by atoms with Crippen LogP contribution in [0, 0.1) is 0 Å². The maximum Gasteiger partial charge on any atom is 0.446 e.